The summed E-state index contributed by atoms with van der Waals surface area (Å²) in [5, 5.41) is 16.7. The maximum atomic E-state index is 11.4. The van der Waals surface area contributed by atoms with Crippen LogP contribution in [-0.4, -0.2) is 28.6 Å². The normalized spacial score (nSPS) is 11.8. The van der Waals surface area contributed by atoms with E-state index in [-0.39, 0.29) is 12.6 Å². The predicted molar refractivity (Wildman–Crippen MR) is 68.4 cm³/mol. The molecule has 0 radical (unpaired) electrons. The fourth-order valence-corrected chi connectivity index (χ4v) is 1.99. The highest BCUT2D eigenvalue weighted by Gasteiger charge is 2.16. The zero-order valence-electron chi connectivity index (χ0n) is 10.2. The third kappa shape index (κ3) is 5.13. The number of carbonyl (C=O) groups excluding carboxylic acids is 1. The molecule has 1 aromatic rings. The molecule has 2 amide bonds. The molecule has 0 aliphatic carbocycles. The second-order valence-electron chi connectivity index (χ2n) is 3.81. The molecular formula is C11H17N3O3S. The van der Waals surface area contributed by atoms with Crippen LogP contribution in [0.2, 0.25) is 0 Å². The molecular weight excluding hydrogens is 254 g/mol. The fraction of sp³-hybridized carbons (Fsp3) is 0.545. The van der Waals surface area contributed by atoms with Gasteiger partial charge in [-0.05, 0) is 6.42 Å². The fourth-order valence-electron chi connectivity index (χ4n) is 1.44. The van der Waals surface area contributed by atoms with E-state index in [1.54, 1.807) is 6.20 Å². The smallest absolute Gasteiger partial charge is 0.315 e. The predicted octanol–water partition coefficient (Wildman–Crippen LogP) is 1.44. The second kappa shape index (κ2) is 7.65. The molecule has 1 atom stereocenters. The maximum absolute atomic E-state index is 11.4. The van der Waals surface area contributed by atoms with Crippen LogP contribution in [0.1, 0.15) is 24.8 Å². The highest BCUT2D eigenvalue weighted by molar-refractivity contribution is 7.09. The van der Waals surface area contributed by atoms with E-state index in [0.29, 0.717) is 13.0 Å². The molecule has 0 aliphatic heterocycles. The average molecular weight is 271 g/mol. The third-order valence-electron chi connectivity index (χ3n) is 2.38. The van der Waals surface area contributed by atoms with E-state index >= 15 is 0 Å². The molecule has 0 saturated carbocycles. The van der Waals surface area contributed by atoms with Crippen molar-refractivity contribution in [3.05, 3.63) is 16.6 Å². The lowest BCUT2D eigenvalue weighted by atomic mass is 10.0. The number of hydrogen-bond donors (Lipinski definition) is 3. The first kappa shape index (κ1) is 14.4. The number of rotatable bonds is 7. The molecule has 7 heteroatoms. The van der Waals surface area contributed by atoms with Gasteiger partial charge in [-0.3, -0.25) is 4.79 Å². The highest BCUT2D eigenvalue weighted by atomic mass is 32.1. The summed E-state index contributed by atoms with van der Waals surface area (Å²) in [5.74, 6) is -1.40. The van der Waals surface area contributed by atoms with Gasteiger partial charge in [0.05, 0.1) is 12.5 Å². The van der Waals surface area contributed by atoms with Crippen molar-refractivity contribution in [2.45, 2.75) is 26.3 Å². The minimum atomic E-state index is -0.878. The van der Waals surface area contributed by atoms with Gasteiger partial charge in [-0.2, -0.15) is 0 Å². The number of thiazole rings is 1. The third-order valence-corrected chi connectivity index (χ3v) is 3.16. The lowest BCUT2D eigenvalue weighted by Gasteiger charge is -2.12. The van der Waals surface area contributed by atoms with Crippen molar-refractivity contribution in [1.29, 1.82) is 0 Å². The van der Waals surface area contributed by atoms with Gasteiger partial charge < -0.3 is 15.7 Å². The lowest BCUT2D eigenvalue weighted by Crippen LogP contribution is -2.39. The molecule has 18 heavy (non-hydrogen) atoms. The molecule has 0 bridgehead atoms. The first-order valence-electron chi connectivity index (χ1n) is 5.76. The minimum absolute atomic E-state index is 0.146. The Morgan fingerprint density at radius 1 is 1.50 bits per heavy atom. The topological polar surface area (TPSA) is 91.3 Å². The Labute approximate surface area is 109 Å². The van der Waals surface area contributed by atoms with Gasteiger partial charge in [-0.15, -0.1) is 11.3 Å². The molecule has 0 saturated heterocycles. The maximum Gasteiger partial charge on any atom is 0.315 e. The summed E-state index contributed by atoms with van der Waals surface area (Å²) in [6.07, 6.45) is 3.00. The standard InChI is InChI=1S/C11H17N3O3S/c1-2-3-8(10(15)16)6-13-11(17)14-7-9-12-4-5-18-9/h4-5,8H,2-3,6-7H2,1H3,(H,15,16)(H2,13,14,17). The molecule has 3 N–H and O–H groups in total. The first-order valence-corrected chi connectivity index (χ1v) is 6.64. The molecule has 0 aliphatic rings. The summed E-state index contributed by atoms with van der Waals surface area (Å²) in [6.45, 7) is 2.42. The van der Waals surface area contributed by atoms with Crippen LogP contribution in [0, 0.1) is 5.92 Å². The SMILES string of the molecule is CCCC(CNC(=O)NCc1nccs1)C(=O)O. The van der Waals surface area contributed by atoms with Crippen molar-refractivity contribution >= 4 is 23.3 Å². The van der Waals surface area contributed by atoms with Crippen LogP contribution in [-0.2, 0) is 11.3 Å². The number of hydrogen-bond acceptors (Lipinski definition) is 4. The molecule has 1 rings (SSSR count). The van der Waals surface area contributed by atoms with Crippen LogP contribution in [0.15, 0.2) is 11.6 Å². The van der Waals surface area contributed by atoms with Gasteiger partial charge in [0.2, 0.25) is 0 Å². The Hall–Kier alpha value is -1.63. The monoisotopic (exact) mass is 271 g/mol. The van der Waals surface area contributed by atoms with Gasteiger partial charge in [-0.1, -0.05) is 13.3 Å². The van der Waals surface area contributed by atoms with Crippen LogP contribution in [0.4, 0.5) is 4.79 Å². The number of urea groups is 1. The minimum Gasteiger partial charge on any atom is -0.481 e. The number of aromatic nitrogens is 1. The number of aliphatic carboxylic acids is 1. The Morgan fingerprint density at radius 3 is 2.83 bits per heavy atom. The van der Waals surface area contributed by atoms with E-state index in [0.717, 1.165) is 11.4 Å². The van der Waals surface area contributed by atoms with Crippen molar-refractivity contribution in [2.24, 2.45) is 5.92 Å². The Morgan fingerprint density at radius 2 is 2.28 bits per heavy atom. The Balaban J connectivity index is 2.25. The average Bonchev–Trinajstić information content (AvgIpc) is 2.84. The van der Waals surface area contributed by atoms with Gasteiger partial charge in [0.1, 0.15) is 5.01 Å². The molecule has 0 aromatic carbocycles. The van der Waals surface area contributed by atoms with Gasteiger partial charge in [0, 0.05) is 18.1 Å². The summed E-state index contributed by atoms with van der Waals surface area (Å²) >= 11 is 1.45. The van der Waals surface area contributed by atoms with Crippen molar-refractivity contribution < 1.29 is 14.7 Å². The number of nitrogens with one attached hydrogen (secondary N) is 2. The number of nitrogens with zero attached hydrogens (tertiary/aromatic N) is 1. The molecule has 6 nitrogen and oxygen atoms in total. The lowest BCUT2D eigenvalue weighted by molar-refractivity contribution is -0.141. The van der Waals surface area contributed by atoms with Gasteiger partial charge in [0.25, 0.3) is 0 Å². The van der Waals surface area contributed by atoms with Gasteiger partial charge >= 0.3 is 12.0 Å². The van der Waals surface area contributed by atoms with E-state index in [1.807, 2.05) is 12.3 Å². The van der Waals surface area contributed by atoms with Gasteiger partial charge in [-0.25, -0.2) is 9.78 Å². The first-order chi connectivity index (χ1) is 8.63. The second-order valence-corrected chi connectivity index (χ2v) is 4.79. The summed E-state index contributed by atoms with van der Waals surface area (Å²) in [4.78, 5) is 26.3. The summed E-state index contributed by atoms with van der Waals surface area (Å²) < 4.78 is 0. The Bertz CT molecular complexity index is 381. The molecule has 1 aromatic heterocycles. The van der Waals surface area contributed by atoms with E-state index in [1.165, 1.54) is 11.3 Å². The van der Waals surface area contributed by atoms with Crippen molar-refractivity contribution in [1.82, 2.24) is 15.6 Å². The molecule has 1 heterocycles. The quantitative estimate of drug-likeness (QED) is 0.700. The van der Waals surface area contributed by atoms with Crippen molar-refractivity contribution in [3.8, 4) is 0 Å². The molecule has 1 unspecified atom stereocenters. The molecule has 0 spiro atoms. The van der Waals surface area contributed by atoms with E-state index in [4.69, 9.17) is 5.11 Å². The number of carbonyl (C=O) groups is 2. The zero-order chi connectivity index (χ0) is 13.4. The largest absolute Gasteiger partial charge is 0.481 e. The highest BCUT2D eigenvalue weighted by Crippen LogP contribution is 2.05. The number of amides is 2. The van der Waals surface area contributed by atoms with Crippen molar-refractivity contribution in [2.75, 3.05) is 6.54 Å². The van der Waals surface area contributed by atoms with E-state index in [2.05, 4.69) is 15.6 Å². The van der Waals surface area contributed by atoms with E-state index in [9.17, 15) is 9.59 Å². The van der Waals surface area contributed by atoms with Crippen LogP contribution < -0.4 is 10.6 Å². The number of carboxylic acid groups (broad SMARTS) is 1. The summed E-state index contributed by atoms with van der Waals surface area (Å²) in [6, 6.07) is -0.368. The van der Waals surface area contributed by atoms with Crippen LogP contribution in [0.25, 0.3) is 0 Å². The summed E-state index contributed by atoms with van der Waals surface area (Å²) in [5.41, 5.74) is 0. The molecule has 0 fully saturated rings. The van der Waals surface area contributed by atoms with Crippen LogP contribution >= 0.6 is 11.3 Å². The number of carboxylic acids is 1. The summed E-state index contributed by atoms with van der Waals surface area (Å²) in [7, 11) is 0. The van der Waals surface area contributed by atoms with Crippen LogP contribution in [0.3, 0.4) is 0 Å². The zero-order valence-corrected chi connectivity index (χ0v) is 11.0. The van der Waals surface area contributed by atoms with E-state index < -0.39 is 11.9 Å². The van der Waals surface area contributed by atoms with Gasteiger partial charge in [0.15, 0.2) is 0 Å². The van der Waals surface area contributed by atoms with Crippen LogP contribution in [0.5, 0.6) is 0 Å². The Kier molecular flexibility index (Phi) is 6.13. The molecule has 100 valence electrons. The van der Waals surface area contributed by atoms with Crippen molar-refractivity contribution in [3.63, 3.8) is 0 Å².